The summed E-state index contributed by atoms with van der Waals surface area (Å²) in [6.45, 7) is 2.23. The van der Waals surface area contributed by atoms with Crippen LogP contribution < -0.4 is 19.1 Å². The van der Waals surface area contributed by atoms with E-state index in [-0.39, 0.29) is 30.6 Å². The van der Waals surface area contributed by atoms with E-state index in [1.54, 1.807) is 34.1 Å². The Labute approximate surface area is 186 Å². The Bertz CT molecular complexity index is 963. The van der Waals surface area contributed by atoms with E-state index < -0.39 is 0 Å². The standard InChI is InChI=1S/C22H27N5O5/c1-30-18-6-4-3-5-17(18)27-14-13-26(22(27)29)15-20(28)25-11-8-16(9-12-25)32-19-7-10-23-21(24-19)31-2/h3-7,10,16H,8-9,11-15H2,1-2H3. The van der Waals surface area contributed by atoms with Gasteiger partial charge >= 0.3 is 12.0 Å². The number of methoxy groups -OCH3 is 2. The van der Waals surface area contributed by atoms with Crippen LogP contribution in [0.2, 0.25) is 0 Å². The molecule has 1 aromatic carbocycles. The second-order valence-electron chi connectivity index (χ2n) is 7.61. The van der Waals surface area contributed by atoms with E-state index in [1.807, 2.05) is 24.3 Å². The van der Waals surface area contributed by atoms with E-state index in [0.29, 0.717) is 56.3 Å². The van der Waals surface area contributed by atoms with Crippen molar-refractivity contribution in [2.45, 2.75) is 18.9 Å². The van der Waals surface area contributed by atoms with Gasteiger partial charge in [0.05, 0.1) is 19.9 Å². The molecule has 0 atom stereocenters. The molecule has 3 amide bonds. The lowest BCUT2D eigenvalue weighted by Crippen LogP contribution is -2.47. The van der Waals surface area contributed by atoms with Crippen LogP contribution in [0, 0.1) is 0 Å². The fourth-order valence-electron chi connectivity index (χ4n) is 3.95. The van der Waals surface area contributed by atoms with Crippen LogP contribution >= 0.6 is 0 Å². The second kappa shape index (κ2) is 9.71. The first-order valence-electron chi connectivity index (χ1n) is 10.6. The minimum atomic E-state index is -0.182. The third-order valence-electron chi connectivity index (χ3n) is 5.67. The van der Waals surface area contributed by atoms with Gasteiger partial charge in [-0.1, -0.05) is 12.1 Å². The van der Waals surface area contributed by atoms with Crippen LogP contribution in [0.15, 0.2) is 36.5 Å². The molecule has 2 aliphatic rings. The number of nitrogens with zero attached hydrogens (tertiary/aromatic N) is 5. The predicted molar refractivity (Wildman–Crippen MR) is 116 cm³/mol. The highest BCUT2D eigenvalue weighted by molar-refractivity contribution is 5.97. The maximum atomic E-state index is 12.9. The smallest absolute Gasteiger partial charge is 0.325 e. The first-order valence-corrected chi connectivity index (χ1v) is 10.6. The third kappa shape index (κ3) is 4.68. The summed E-state index contributed by atoms with van der Waals surface area (Å²) in [7, 11) is 3.08. The van der Waals surface area contributed by atoms with Crippen LogP contribution in [0.5, 0.6) is 17.6 Å². The largest absolute Gasteiger partial charge is 0.495 e. The SMILES string of the molecule is COc1nccc(OC2CCN(C(=O)CN3CCN(c4ccccc4OC)C3=O)CC2)n1. The number of rotatable bonds is 7. The van der Waals surface area contributed by atoms with Gasteiger partial charge in [-0.3, -0.25) is 9.69 Å². The quantitative estimate of drug-likeness (QED) is 0.646. The fraction of sp³-hybridized carbons (Fsp3) is 0.455. The van der Waals surface area contributed by atoms with Gasteiger partial charge in [-0.25, -0.2) is 9.78 Å². The Kier molecular flexibility index (Phi) is 6.58. The molecule has 2 aliphatic heterocycles. The van der Waals surface area contributed by atoms with E-state index in [0.717, 1.165) is 0 Å². The predicted octanol–water partition coefficient (Wildman–Crippen LogP) is 1.81. The Balaban J connectivity index is 1.28. The van der Waals surface area contributed by atoms with E-state index in [9.17, 15) is 9.59 Å². The van der Waals surface area contributed by atoms with E-state index in [1.165, 1.54) is 7.11 Å². The normalized spacial score (nSPS) is 16.9. The molecule has 0 unspecified atom stereocenters. The van der Waals surface area contributed by atoms with E-state index in [2.05, 4.69) is 9.97 Å². The number of piperidine rings is 1. The van der Waals surface area contributed by atoms with Crippen molar-refractivity contribution in [2.75, 3.05) is 51.8 Å². The number of carbonyl (C=O) groups is 2. The van der Waals surface area contributed by atoms with Crippen molar-refractivity contribution in [1.29, 1.82) is 0 Å². The van der Waals surface area contributed by atoms with Gasteiger partial charge in [0.15, 0.2) is 0 Å². The van der Waals surface area contributed by atoms with Gasteiger partial charge in [-0.05, 0) is 12.1 Å². The van der Waals surface area contributed by atoms with Gasteiger partial charge in [-0.2, -0.15) is 4.98 Å². The molecule has 0 saturated carbocycles. The molecule has 32 heavy (non-hydrogen) atoms. The summed E-state index contributed by atoms with van der Waals surface area (Å²) < 4.78 is 16.3. The first kappa shape index (κ1) is 21.7. The number of ether oxygens (including phenoxy) is 3. The second-order valence-corrected chi connectivity index (χ2v) is 7.61. The molecule has 3 heterocycles. The summed E-state index contributed by atoms with van der Waals surface area (Å²) >= 11 is 0. The number of benzene rings is 1. The maximum Gasteiger partial charge on any atom is 0.325 e. The molecule has 0 radical (unpaired) electrons. The molecule has 4 rings (SSSR count). The third-order valence-corrected chi connectivity index (χ3v) is 5.67. The summed E-state index contributed by atoms with van der Waals surface area (Å²) in [6, 6.07) is 9.15. The van der Waals surface area contributed by atoms with Crippen LogP contribution in [0.25, 0.3) is 0 Å². The van der Waals surface area contributed by atoms with Crippen LogP contribution in [0.1, 0.15) is 12.8 Å². The molecule has 10 nitrogen and oxygen atoms in total. The zero-order valence-corrected chi connectivity index (χ0v) is 18.3. The number of amides is 3. The number of para-hydroxylation sites is 2. The van der Waals surface area contributed by atoms with Gasteiger partial charge in [-0.15, -0.1) is 0 Å². The Morgan fingerprint density at radius 2 is 1.84 bits per heavy atom. The topological polar surface area (TPSA) is 97.3 Å². The van der Waals surface area contributed by atoms with E-state index >= 15 is 0 Å². The average Bonchev–Trinajstić information content (AvgIpc) is 3.19. The van der Waals surface area contributed by atoms with E-state index in [4.69, 9.17) is 14.2 Å². The molecule has 0 bridgehead atoms. The molecule has 2 aromatic rings. The van der Waals surface area contributed by atoms with Gasteiger partial charge in [0.1, 0.15) is 18.4 Å². The van der Waals surface area contributed by atoms with Crippen molar-refractivity contribution in [3.05, 3.63) is 36.5 Å². The van der Waals surface area contributed by atoms with Crippen molar-refractivity contribution < 1.29 is 23.8 Å². The van der Waals surface area contributed by atoms with Gasteiger partial charge in [0.25, 0.3) is 0 Å². The zero-order valence-electron chi connectivity index (χ0n) is 18.3. The Hall–Kier alpha value is -3.56. The summed E-state index contributed by atoms with van der Waals surface area (Å²) in [4.78, 5) is 38.9. The zero-order chi connectivity index (χ0) is 22.5. The number of urea groups is 1. The minimum Gasteiger partial charge on any atom is -0.495 e. The van der Waals surface area contributed by atoms with Crippen LogP contribution in [-0.4, -0.2) is 84.8 Å². The van der Waals surface area contributed by atoms with Crippen molar-refractivity contribution in [2.24, 2.45) is 0 Å². The molecular formula is C22H27N5O5. The van der Waals surface area contributed by atoms with Gasteiger partial charge < -0.3 is 24.0 Å². The molecule has 0 N–H and O–H groups in total. The lowest BCUT2D eigenvalue weighted by Gasteiger charge is -2.32. The highest BCUT2D eigenvalue weighted by atomic mass is 16.5. The van der Waals surface area contributed by atoms with Crippen LogP contribution in [0.4, 0.5) is 10.5 Å². The molecule has 1 aromatic heterocycles. The fourth-order valence-corrected chi connectivity index (χ4v) is 3.95. The summed E-state index contributed by atoms with van der Waals surface area (Å²) in [5, 5.41) is 0. The van der Waals surface area contributed by atoms with Crippen molar-refractivity contribution in [1.82, 2.24) is 19.8 Å². The Morgan fingerprint density at radius 1 is 1.06 bits per heavy atom. The summed E-state index contributed by atoms with van der Waals surface area (Å²) in [5.74, 6) is 1.04. The number of anilines is 1. The van der Waals surface area contributed by atoms with Crippen LogP contribution in [0.3, 0.4) is 0 Å². The van der Waals surface area contributed by atoms with Crippen LogP contribution in [-0.2, 0) is 4.79 Å². The van der Waals surface area contributed by atoms with Crippen molar-refractivity contribution >= 4 is 17.6 Å². The lowest BCUT2D eigenvalue weighted by atomic mass is 10.1. The molecule has 2 saturated heterocycles. The van der Waals surface area contributed by atoms with Gasteiger partial charge in [0.2, 0.25) is 11.8 Å². The first-order chi connectivity index (χ1) is 15.6. The number of aromatic nitrogens is 2. The number of carbonyl (C=O) groups excluding carboxylic acids is 2. The molecule has 0 aliphatic carbocycles. The lowest BCUT2D eigenvalue weighted by molar-refractivity contribution is -0.133. The van der Waals surface area contributed by atoms with Crippen molar-refractivity contribution in [3.63, 3.8) is 0 Å². The number of hydrogen-bond acceptors (Lipinski definition) is 7. The molecule has 10 heteroatoms. The summed E-state index contributed by atoms with van der Waals surface area (Å²) in [5.41, 5.74) is 0.717. The molecule has 170 valence electrons. The molecule has 0 spiro atoms. The monoisotopic (exact) mass is 441 g/mol. The molecular weight excluding hydrogens is 414 g/mol. The maximum absolute atomic E-state index is 12.9. The minimum absolute atomic E-state index is 0.0342. The molecule has 2 fully saturated rings. The highest BCUT2D eigenvalue weighted by Crippen LogP contribution is 2.30. The van der Waals surface area contributed by atoms with Gasteiger partial charge in [0, 0.05) is 51.3 Å². The highest BCUT2D eigenvalue weighted by Gasteiger charge is 2.34. The number of hydrogen-bond donors (Lipinski definition) is 0. The Morgan fingerprint density at radius 3 is 2.59 bits per heavy atom. The number of likely N-dealkylation sites (tertiary alicyclic amines) is 1. The van der Waals surface area contributed by atoms with Crippen molar-refractivity contribution in [3.8, 4) is 17.6 Å². The summed E-state index contributed by atoms with van der Waals surface area (Å²) in [6.07, 6.45) is 2.94. The average molecular weight is 441 g/mol.